The summed E-state index contributed by atoms with van der Waals surface area (Å²) in [6, 6.07) is 7.24. The lowest BCUT2D eigenvalue weighted by molar-refractivity contribution is -0.385. The lowest BCUT2D eigenvalue weighted by Crippen LogP contribution is -2.15. The first-order valence-electron chi connectivity index (χ1n) is 6.60. The largest absolute Gasteiger partial charge is 0.504 e. The van der Waals surface area contributed by atoms with Crippen LogP contribution in [0.15, 0.2) is 36.4 Å². The molecule has 9 nitrogen and oxygen atoms in total. The Bertz CT molecular complexity index is 833. The van der Waals surface area contributed by atoms with Crippen LogP contribution in [0.2, 0.25) is 0 Å². The Kier molecular flexibility index (Phi) is 4.64. The van der Waals surface area contributed by atoms with Crippen molar-refractivity contribution in [2.75, 3.05) is 5.32 Å². The summed E-state index contributed by atoms with van der Waals surface area (Å²) in [5.74, 6) is -3.14. The molecule has 0 fully saturated rings. The number of carboxylic acid groups (broad SMARTS) is 1. The number of benzene rings is 2. The minimum atomic E-state index is -1.16. The summed E-state index contributed by atoms with van der Waals surface area (Å²) in [6.07, 6.45) is -0.446. The number of phenolic OH excluding ortho intramolecular Hbond substituents is 2. The van der Waals surface area contributed by atoms with E-state index in [2.05, 4.69) is 5.32 Å². The monoisotopic (exact) mass is 332 g/mol. The Hall–Kier alpha value is -3.62. The van der Waals surface area contributed by atoms with Crippen molar-refractivity contribution in [3.8, 4) is 11.5 Å². The predicted octanol–water partition coefficient (Wildman–Crippen LogP) is 1.89. The van der Waals surface area contributed by atoms with Crippen LogP contribution < -0.4 is 5.32 Å². The molecule has 2 aromatic carbocycles. The number of hydrogen-bond donors (Lipinski definition) is 4. The van der Waals surface area contributed by atoms with Crippen LogP contribution in [0.4, 0.5) is 11.4 Å². The summed E-state index contributed by atoms with van der Waals surface area (Å²) in [6.45, 7) is 0. The highest BCUT2D eigenvalue weighted by Gasteiger charge is 2.18. The van der Waals surface area contributed by atoms with Gasteiger partial charge in [-0.05, 0) is 18.2 Å². The van der Waals surface area contributed by atoms with Gasteiger partial charge in [0, 0.05) is 17.3 Å². The average molecular weight is 332 g/mol. The predicted molar refractivity (Wildman–Crippen MR) is 82.2 cm³/mol. The standard InChI is InChI=1S/C15H12N2O7/c18-12-7-11(17(23)24)5-9(14(12)20)6-13(19)16-10-3-1-2-8(4-10)15(21)22/h1-5,7,18,20H,6H2,(H,16,19)(H,21,22). The molecule has 2 rings (SSSR count). The van der Waals surface area contributed by atoms with Gasteiger partial charge >= 0.3 is 5.97 Å². The second kappa shape index (κ2) is 6.65. The number of carbonyl (C=O) groups is 2. The van der Waals surface area contributed by atoms with Crippen molar-refractivity contribution in [1.82, 2.24) is 0 Å². The minimum absolute atomic E-state index is 0.0244. The van der Waals surface area contributed by atoms with E-state index in [0.29, 0.717) is 0 Å². The number of nitro groups is 1. The van der Waals surface area contributed by atoms with E-state index in [1.54, 1.807) is 0 Å². The molecule has 0 saturated heterocycles. The number of carbonyl (C=O) groups excluding carboxylic acids is 1. The fraction of sp³-hybridized carbons (Fsp3) is 0.0667. The zero-order chi connectivity index (χ0) is 17.9. The molecule has 9 heteroatoms. The van der Waals surface area contributed by atoms with Gasteiger partial charge in [0.25, 0.3) is 5.69 Å². The van der Waals surface area contributed by atoms with Gasteiger partial charge in [-0.2, -0.15) is 0 Å². The molecule has 124 valence electrons. The molecule has 0 unspecified atom stereocenters. The molecule has 0 radical (unpaired) electrons. The molecule has 24 heavy (non-hydrogen) atoms. The molecule has 0 aliphatic rings. The maximum Gasteiger partial charge on any atom is 0.335 e. The maximum atomic E-state index is 12.0. The third kappa shape index (κ3) is 3.77. The first-order chi connectivity index (χ1) is 11.3. The number of aromatic carboxylic acids is 1. The summed E-state index contributed by atoms with van der Waals surface area (Å²) < 4.78 is 0. The molecule has 2 aromatic rings. The van der Waals surface area contributed by atoms with Crippen molar-refractivity contribution in [2.45, 2.75) is 6.42 Å². The molecular weight excluding hydrogens is 320 g/mol. The number of rotatable bonds is 5. The number of carboxylic acids is 1. The molecule has 0 heterocycles. The number of phenols is 2. The quantitative estimate of drug-likeness (QED) is 0.371. The van der Waals surface area contributed by atoms with Gasteiger partial charge in [-0.3, -0.25) is 14.9 Å². The molecule has 0 aliphatic carbocycles. The summed E-state index contributed by atoms with van der Waals surface area (Å²) >= 11 is 0. The number of nitro benzene ring substituents is 1. The van der Waals surface area contributed by atoms with E-state index in [1.165, 1.54) is 24.3 Å². The second-order valence-corrected chi connectivity index (χ2v) is 4.84. The highest BCUT2D eigenvalue weighted by molar-refractivity contribution is 5.95. The van der Waals surface area contributed by atoms with Crippen molar-refractivity contribution in [3.63, 3.8) is 0 Å². The number of aromatic hydroxyl groups is 2. The van der Waals surface area contributed by atoms with Gasteiger partial charge in [-0.25, -0.2) is 4.79 Å². The maximum absolute atomic E-state index is 12.0. The Morgan fingerprint density at radius 2 is 1.88 bits per heavy atom. The van der Waals surface area contributed by atoms with Crippen molar-refractivity contribution in [2.24, 2.45) is 0 Å². The van der Waals surface area contributed by atoms with Crippen LogP contribution in [0.5, 0.6) is 11.5 Å². The van der Waals surface area contributed by atoms with Gasteiger partial charge in [0.2, 0.25) is 5.91 Å². The number of non-ortho nitro benzene ring substituents is 1. The van der Waals surface area contributed by atoms with E-state index in [1.807, 2.05) is 0 Å². The van der Waals surface area contributed by atoms with Gasteiger partial charge in [0.15, 0.2) is 11.5 Å². The van der Waals surface area contributed by atoms with Gasteiger partial charge in [0.05, 0.1) is 23.0 Å². The smallest absolute Gasteiger partial charge is 0.335 e. The third-order valence-electron chi connectivity index (χ3n) is 3.11. The van der Waals surface area contributed by atoms with E-state index >= 15 is 0 Å². The van der Waals surface area contributed by atoms with Gasteiger partial charge in [-0.15, -0.1) is 0 Å². The van der Waals surface area contributed by atoms with Crippen LogP contribution in [-0.4, -0.2) is 32.1 Å². The van der Waals surface area contributed by atoms with E-state index in [9.17, 15) is 29.9 Å². The van der Waals surface area contributed by atoms with E-state index in [0.717, 1.165) is 12.1 Å². The molecule has 0 saturated carbocycles. The average Bonchev–Trinajstić information content (AvgIpc) is 2.51. The highest BCUT2D eigenvalue weighted by Crippen LogP contribution is 2.33. The molecule has 1 amide bonds. The molecule has 0 aromatic heterocycles. The summed E-state index contributed by atoms with van der Waals surface area (Å²) in [4.78, 5) is 32.8. The summed E-state index contributed by atoms with van der Waals surface area (Å²) in [5.41, 5.74) is -0.410. The van der Waals surface area contributed by atoms with E-state index in [-0.39, 0.29) is 16.8 Å². The van der Waals surface area contributed by atoms with Crippen LogP contribution >= 0.6 is 0 Å². The number of amides is 1. The van der Waals surface area contributed by atoms with Crippen molar-refractivity contribution < 1.29 is 29.8 Å². The first-order valence-corrected chi connectivity index (χ1v) is 6.60. The van der Waals surface area contributed by atoms with Crippen molar-refractivity contribution in [3.05, 3.63) is 57.6 Å². The lowest BCUT2D eigenvalue weighted by atomic mass is 10.1. The Morgan fingerprint density at radius 1 is 1.17 bits per heavy atom. The van der Waals surface area contributed by atoms with Crippen molar-refractivity contribution in [1.29, 1.82) is 0 Å². The summed E-state index contributed by atoms with van der Waals surface area (Å²) in [5, 5.41) is 41.2. The Morgan fingerprint density at radius 3 is 2.50 bits per heavy atom. The van der Waals surface area contributed by atoms with Crippen LogP contribution in [0, 0.1) is 10.1 Å². The number of nitrogens with one attached hydrogen (secondary N) is 1. The second-order valence-electron chi connectivity index (χ2n) is 4.84. The van der Waals surface area contributed by atoms with E-state index < -0.39 is 40.4 Å². The van der Waals surface area contributed by atoms with Crippen LogP contribution in [-0.2, 0) is 11.2 Å². The highest BCUT2D eigenvalue weighted by atomic mass is 16.6. The molecule has 4 N–H and O–H groups in total. The van der Waals surface area contributed by atoms with Gasteiger partial charge < -0.3 is 20.6 Å². The van der Waals surface area contributed by atoms with Gasteiger partial charge in [0.1, 0.15) is 0 Å². The van der Waals surface area contributed by atoms with Crippen LogP contribution in [0.1, 0.15) is 15.9 Å². The zero-order valence-corrected chi connectivity index (χ0v) is 12.1. The fourth-order valence-corrected chi connectivity index (χ4v) is 2.01. The number of nitrogens with zero attached hydrogens (tertiary/aromatic N) is 1. The molecular formula is C15H12N2O7. The summed E-state index contributed by atoms with van der Waals surface area (Å²) in [7, 11) is 0. The molecule has 0 bridgehead atoms. The zero-order valence-electron chi connectivity index (χ0n) is 12.1. The van der Waals surface area contributed by atoms with E-state index in [4.69, 9.17) is 5.11 Å². The molecule has 0 aliphatic heterocycles. The van der Waals surface area contributed by atoms with Crippen LogP contribution in [0.25, 0.3) is 0 Å². The molecule has 0 spiro atoms. The SMILES string of the molecule is O=C(Cc1cc([N+](=O)[O-])cc(O)c1O)Nc1cccc(C(=O)O)c1. The fourth-order valence-electron chi connectivity index (χ4n) is 2.01. The van der Waals surface area contributed by atoms with Crippen molar-refractivity contribution >= 4 is 23.3 Å². The number of hydrogen-bond acceptors (Lipinski definition) is 6. The Labute approximate surface area is 134 Å². The normalized spacial score (nSPS) is 10.2. The van der Waals surface area contributed by atoms with Gasteiger partial charge in [-0.1, -0.05) is 6.07 Å². The topological polar surface area (TPSA) is 150 Å². The Balaban J connectivity index is 2.20. The minimum Gasteiger partial charge on any atom is -0.504 e. The molecule has 0 atom stereocenters. The number of anilines is 1. The van der Waals surface area contributed by atoms with Crippen LogP contribution in [0.3, 0.4) is 0 Å². The third-order valence-corrected chi connectivity index (χ3v) is 3.11. The lowest BCUT2D eigenvalue weighted by Gasteiger charge is -2.08. The first kappa shape index (κ1) is 16.7.